The van der Waals surface area contributed by atoms with Gasteiger partial charge in [-0.2, -0.15) is 13.2 Å². The van der Waals surface area contributed by atoms with Crippen LogP contribution in [-0.4, -0.2) is 27.6 Å². The van der Waals surface area contributed by atoms with Gasteiger partial charge in [0, 0.05) is 24.8 Å². The molecule has 0 atom stereocenters. The van der Waals surface area contributed by atoms with Gasteiger partial charge in [0.15, 0.2) is 10.9 Å². The summed E-state index contributed by atoms with van der Waals surface area (Å²) in [5, 5.41) is 3.50. The Kier molecular flexibility index (Phi) is 5.94. The summed E-state index contributed by atoms with van der Waals surface area (Å²) in [5.74, 6) is -0.214. The van der Waals surface area contributed by atoms with Gasteiger partial charge in [-0.3, -0.25) is 20.2 Å². The van der Waals surface area contributed by atoms with Gasteiger partial charge in [0.1, 0.15) is 0 Å². The van der Waals surface area contributed by atoms with Gasteiger partial charge in [-0.05, 0) is 29.9 Å². The van der Waals surface area contributed by atoms with Gasteiger partial charge in [0.25, 0.3) is 0 Å². The number of nitrogens with one attached hydrogen (secondary N) is 3. The van der Waals surface area contributed by atoms with Crippen molar-refractivity contribution >= 4 is 45.7 Å². The molecule has 0 saturated heterocycles. The molecule has 11 heteroatoms. The molecular weight excluding hydrogens is 427 g/mol. The maximum atomic E-state index is 12.9. The van der Waals surface area contributed by atoms with Crippen molar-refractivity contribution in [3.63, 3.8) is 0 Å². The van der Waals surface area contributed by atoms with Crippen LogP contribution < -0.4 is 16.2 Å². The van der Waals surface area contributed by atoms with Crippen LogP contribution in [0.4, 0.5) is 13.2 Å². The summed E-state index contributed by atoms with van der Waals surface area (Å²) < 4.78 is 40.2. The Morgan fingerprint density at radius 1 is 1.28 bits per heavy atom. The Labute approximate surface area is 174 Å². The van der Waals surface area contributed by atoms with Crippen LogP contribution in [0.1, 0.15) is 11.1 Å². The van der Waals surface area contributed by atoms with E-state index in [1.54, 1.807) is 42.1 Å². The normalized spacial score (nSPS) is 11.3. The van der Waals surface area contributed by atoms with Crippen molar-refractivity contribution in [1.82, 2.24) is 25.7 Å². The lowest BCUT2D eigenvalue weighted by Crippen LogP contribution is -2.46. The molecule has 3 aromatic rings. The SMILES string of the molecule is CNC(=S)NNC(=O)Cc1cn(-c2ncc(C(F)(F)F)cc2Cl)c2ccccc12. The van der Waals surface area contributed by atoms with Gasteiger partial charge in [-0.25, -0.2) is 4.98 Å². The predicted octanol–water partition coefficient (Wildman–Crippen LogP) is 3.37. The molecule has 3 rings (SSSR count). The van der Waals surface area contributed by atoms with Crippen LogP contribution in [0.2, 0.25) is 5.02 Å². The standard InChI is InChI=1S/C18H15ClF3N5OS/c1-23-17(29)26-25-15(28)6-10-9-27(14-5-3-2-4-12(10)14)16-13(19)7-11(8-24-16)18(20,21)22/h2-5,7-9H,6H2,1H3,(H,25,28)(H2,23,26,29). The summed E-state index contributed by atoms with van der Waals surface area (Å²) in [7, 11) is 1.61. The van der Waals surface area contributed by atoms with E-state index in [4.69, 9.17) is 23.8 Å². The summed E-state index contributed by atoms with van der Waals surface area (Å²) in [6, 6.07) is 7.96. The summed E-state index contributed by atoms with van der Waals surface area (Å²) in [6.45, 7) is 0. The predicted molar refractivity (Wildman–Crippen MR) is 108 cm³/mol. The van der Waals surface area contributed by atoms with Gasteiger partial charge in [0.2, 0.25) is 5.91 Å². The monoisotopic (exact) mass is 441 g/mol. The molecule has 0 unspecified atom stereocenters. The molecule has 2 aromatic heterocycles. The number of fused-ring (bicyclic) bond motifs is 1. The first-order chi connectivity index (χ1) is 13.7. The third kappa shape index (κ3) is 4.60. The lowest BCUT2D eigenvalue weighted by molar-refractivity contribution is -0.137. The molecule has 0 radical (unpaired) electrons. The zero-order valence-corrected chi connectivity index (χ0v) is 16.5. The van der Waals surface area contributed by atoms with Gasteiger partial charge in [-0.1, -0.05) is 29.8 Å². The van der Waals surface area contributed by atoms with Crippen LogP contribution in [0.25, 0.3) is 16.7 Å². The quantitative estimate of drug-likeness (QED) is 0.429. The zero-order chi connectivity index (χ0) is 21.2. The fourth-order valence-electron chi connectivity index (χ4n) is 2.74. The molecule has 0 aliphatic heterocycles. The average molecular weight is 442 g/mol. The van der Waals surface area contributed by atoms with E-state index in [1.807, 2.05) is 0 Å². The number of halogens is 4. The third-order valence-electron chi connectivity index (χ3n) is 4.07. The van der Waals surface area contributed by atoms with E-state index in [0.29, 0.717) is 11.1 Å². The second-order valence-corrected chi connectivity index (χ2v) is 6.81. The van der Waals surface area contributed by atoms with Crippen LogP contribution in [0.5, 0.6) is 0 Å². The molecule has 0 saturated carbocycles. The van der Waals surface area contributed by atoms with Crippen LogP contribution in [0.15, 0.2) is 42.7 Å². The maximum Gasteiger partial charge on any atom is 0.417 e. The molecule has 0 fully saturated rings. The number of amides is 1. The Balaban J connectivity index is 1.97. The van der Waals surface area contributed by atoms with Gasteiger partial charge < -0.3 is 5.32 Å². The molecule has 0 aliphatic rings. The van der Waals surface area contributed by atoms with Gasteiger partial charge >= 0.3 is 6.18 Å². The number of para-hydroxylation sites is 1. The minimum atomic E-state index is -4.54. The smallest absolute Gasteiger partial charge is 0.364 e. The molecule has 3 N–H and O–H groups in total. The van der Waals surface area contributed by atoms with Crippen molar-refractivity contribution in [2.24, 2.45) is 0 Å². The lowest BCUT2D eigenvalue weighted by Gasteiger charge is -2.10. The van der Waals surface area contributed by atoms with Gasteiger partial charge in [0.05, 0.1) is 22.5 Å². The molecule has 1 aromatic carbocycles. The van der Waals surface area contributed by atoms with E-state index in [0.717, 1.165) is 17.6 Å². The fraction of sp³-hybridized carbons (Fsp3) is 0.167. The Morgan fingerprint density at radius 2 is 2.00 bits per heavy atom. The molecule has 1 amide bonds. The first kappa shape index (κ1) is 20.9. The van der Waals surface area contributed by atoms with Crippen molar-refractivity contribution < 1.29 is 18.0 Å². The topological polar surface area (TPSA) is 71.0 Å². The van der Waals surface area contributed by atoms with Crippen molar-refractivity contribution in [3.05, 3.63) is 58.9 Å². The second kappa shape index (κ2) is 8.26. The maximum absolute atomic E-state index is 12.9. The number of pyridine rings is 1. The van der Waals surface area contributed by atoms with E-state index < -0.39 is 11.7 Å². The number of hydrazine groups is 1. The second-order valence-electron chi connectivity index (χ2n) is 6.00. The highest BCUT2D eigenvalue weighted by Crippen LogP contribution is 2.33. The first-order valence-corrected chi connectivity index (χ1v) is 9.08. The number of benzene rings is 1. The van der Waals surface area contributed by atoms with E-state index in [9.17, 15) is 18.0 Å². The van der Waals surface area contributed by atoms with E-state index >= 15 is 0 Å². The molecule has 29 heavy (non-hydrogen) atoms. The highest BCUT2D eigenvalue weighted by molar-refractivity contribution is 7.80. The molecule has 0 aliphatic carbocycles. The van der Waals surface area contributed by atoms with Crippen LogP contribution >= 0.6 is 23.8 Å². The zero-order valence-electron chi connectivity index (χ0n) is 15.0. The number of thiocarbonyl (C=S) groups is 1. The number of nitrogens with zero attached hydrogens (tertiary/aromatic N) is 2. The molecule has 2 heterocycles. The van der Waals surface area contributed by atoms with Crippen LogP contribution in [0, 0.1) is 0 Å². The highest BCUT2D eigenvalue weighted by atomic mass is 35.5. The number of aromatic nitrogens is 2. The van der Waals surface area contributed by atoms with E-state index in [-0.39, 0.29) is 28.3 Å². The number of hydrogen-bond acceptors (Lipinski definition) is 3. The van der Waals surface area contributed by atoms with Crippen LogP contribution in [-0.2, 0) is 17.4 Å². The molecule has 0 spiro atoms. The molecule has 6 nitrogen and oxygen atoms in total. The number of alkyl halides is 3. The van der Waals surface area contributed by atoms with Crippen molar-refractivity contribution in [2.75, 3.05) is 7.05 Å². The average Bonchev–Trinajstić information content (AvgIpc) is 3.03. The number of rotatable bonds is 3. The summed E-state index contributed by atoms with van der Waals surface area (Å²) in [6.07, 6.45) is -2.18. The van der Waals surface area contributed by atoms with E-state index in [2.05, 4.69) is 21.2 Å². The number of carbonyl (C=O) groups excluding carboxylic acids is 1. The Hall–Kier alpha value is -2.85. The number of carbonyl (C=O) groups is 1. The molecule has 0 bridgehead atoms. The minimum absolute atomic E-state index is 0.00505. The van der Waals surface area contributed by atoms with E-state index in [1.165, 1.54) is 0 Å². The minimum Gasteiger partial charge on any atom is -0.364 e. The van der Waals surface area contributed by atoms with Crippen LogP contribution in [0.3, 0.4) is 0 Å². The fourth-order valence-corrected chi connectivity index (χ4v) is 3.04. The molecular formula is C18H15ClF3N5OS. The van der Waals surface area contributed by atoms with Crippen molar-refractivity contribution in [3.8, 4) is 5.82 Å². The lowest BCUT2D eigenvalue weighted by atomic mass is 10.1. The summed E-state index contributed by atoms with van der Waals surface area (Å²) in [5.41, 5.74) is 5.37. The Morgan fingerprint density at radius 3 is 2.66 bits per heavy atom. The van der Waals surface area contributed by atoms with Crippen molar-refractivity contribution in [2.45, 2.75) is 12.6 Å². The molecule has 152 valence electrons. The van der Waals surface area contributed by atoms with Crippen molar-refractivity contribution in [1.29, 1.82) is 0 Å². The Bertz CT molecular complexity index is 1080. The highest BCUT2D eigenvalue weighted by Gasteiger charge is 2.32. The summed E-state index contributed by atoms with van der Waals surface area (Å²) >= 11 is 11.0. The largest absolute Gasteiger partial charge is 0.417 e. The summed E-state index contributed by atoms with van der Waals surface area (Å²) in [4.78, 5) is 16.1. The number of hydrogen-bond donors (Lipinski definition) is 3. The first-order valence-electron chi connectivity index (χ1n) is 8.29. The van der Waals surface area contributed by atoms with Gasteiger partial charge in [-0.15, -0.1) is 0 Å². The third-order valence-corrected chi connectivity index (χ3v) is 4.65.